The van der Waals surface area contributed by atoms with Crippen molar-refractivity contribution in [3.63, 3.8) is 0 Å². The molecule has 0 spiro atoms. The van der Waals surface area contributed by atoms with Crippen LogP contribution in [0, 0.1) is 12.7 Å². The third kappa shape index (κ3) is 2.79. The van der Waals surface area contributed by atoms with Crippen LogP contribution in [0.5, 0.6) is 0 Å². The lowest BCUT2D eigenvalue weighted by Gasteiger charge is -2.17. The van der Waals surface area contributed by atoms with E-state index in [1.807, 2.05) is 0 Å². The van der Waals surface area contributed by atoms with Crippen molar-refractivity contribution in [1.82, 2.24) is 19.7 Å². The average Bonchev–Trinajstić information content (AvgIpc) is 3.01. The normalized spacial score (nSPS) is 11.7. The number of hydrogen-bond donors (Lipinski definition) is 0. The highest BCUT2D eigenvalue weighted by Crippen LogP contribution is 2.39. The summed E-state index contributed by atoms with van der Waals surface area (Å²) in [5.41, 5.74) is -0.207. The SMILES string of the molecule is Cc1c(-n2cncn2)cnc(C(F)(F)F)c1-c1ccc(F)cc1. The second kappa shape index (κ2) is 5.45. The van der Waals surface area contributed by atoms with E-state index in [2.05, 4.69) is 15.1 Å². The first-order chi connectivity index (χ1) is 10.9. The molecule has 3 rings (SSSR count). The lowest BCUT2D eigenvalue weighted by atomic mass is 9.97. The highest BCUT2D eigenvalue weighted by Gasteiger charge is 2.37. The molecule has 8 heteroatoms. The van der Waals surface area contributed by atoms with Crippen LogP contribution in [-0.2, 0) is 6.18 Å². The number of hydrogen-bond acceptors (Lipinski definition) is 3. The van der Waals surface area contributed by atoms with Gasteiger partial charge in [-0.2, -0.15) is 18.3 Å². The summed E-state index contributed by atoms with van der Waals surface area (Å²) in [7, 11) is 0. The van der Waals surface area contributed by atoms with E-state index in [4.69, 9.17) is 0 Å². The molecule has 0 amide bonds. The van der Waals surface area contributed by atoms with Crippen LogP contribution in [-0.4, -0.2) is 19.7 Å². The summed E-state index contributed by atoms with van der Waals surface area (Å²) in [6, 6.07) is 4.80. The molecule has 0 aliphatic rings. The van der Waals surface area contributed by atoms with Crippen LogP contribution in [0.3, 0.4) is 0 Å². The average molecular weight is 322 g/mol. The van der Waals surface area contributed by atoms with Crippen LogP contribution in [0.15, 0.2) is 43.1 Å². The highest BCUT2D eigenvalue weighted by atomic mass is 19.4. The molecule has 4 nitrogen and oxygen atoms in total. The van der Waals surface area contributed by atoms with Crippen molar-refractivity contribution in [3.05, 3.63) is 60.2 Å². The molecule has 1 aromatic carbocycles. The standard InChI is InChI=1S/C15H10F4N4/c1-9-12(23-8-20-7-22-23)6-21-14(15(17,18)19)13(9)10-2-4-11(16)5-3-10/h2-8H,1H3. The van der Waals surface area contributed by atoms with Crippen molar-refractivity contribution in [2.24, 2.45) is 0 Å². The summed E-state index contributed by atoms with van der Waals surface area (Å²) in [6.07, 6.45) is -0.893. The van der Waals surface area contributed by atoms with Crippen LogP contribution in [0.4, 0.5) is 17.6 Å². The third-order valence-electron chi connectivity index (χ3n) is 3.38. The van der Waals surface area contributed by atoms with Gasteiger partial charge in [0.1, 0.15) is 18.5 Å². The Morgan fingerprint density at radius 3 is 2.35 bits per heavy atom. The van der Waals surface area contributed by atoms with E-state index >= 15 is 0 Å². The van der Waals surface area contributed by atoms with Gasteiger partial charge in [-0.25, -0.2) is 19.0 Å². The molecule has 0 saturated carbocycles. The maximum Gasteiger partial charge on any atom is 0.433 e. The lowest BCUT2D eigenvalue weighted by molar-refractivity contribution is -0.140. The molecule has 0 aliphatic heterocycles. The maximum atomic E-state index is 13.3. The quantitative estimate of drug-likeness (QED) is 0.674. The molecule has 0 aliphatic carbocycles. The highest BCUT2D eigenvalue weighted by molar-refractivity contribution is 5.73. The predicted octanol–water partition coefficient (Wildman–Crippen LogP) is 3.80. The molecule has 3 aromatic rings. The van der Waals surface area contributed by atoms with Gasteiger partial charge in [-0.3, -0.25) is 0 Å². The number of alkyl halides is 3. The number of aromatic nitrogens is 4. The fraction of sp³-hybridized carbons (Fsp3) is 0.133. The van der Waals surface area contributed by atoms with Crippen LogP contribution < -0.4 is 0 Å². The van der Waals surface area contributed by atoms with Crippen LogP contribution in [0.25, 0.3) is 16.8 Å². The van der Waals surface area contributed by atoms with Gasteiger partial charge in [0.15, 0.2) is 5.69 Å². The molecule has 0 fully saturated rings. The Balaban J connectivity index is 2.29. The first-order valence-electron chi connectivity index (χ1n) is 6.55. The number of rotatable bonds is 2. The molecule has 118 valence electrons. The maximum absolute atomic E-state index is 13.3. The Hall–Kier alpha value is -2.77. The number of benzene rings is 1. The van der Waals surface area contributed by atoms with E-state index in [0.717, 1.165) is 18.3 Å². The molecule has 0 radical (unpaired) electrons. The number of halogens is 4. The molecular weight excluding hydrogens is 312 g/mol. The van der Waals surface area contributed by atoms with Gasteiger partial charge in [-0.1, -0.05) is 12.1 Å². The van der Waals surface area contributed by atoms with Crippen molar-refractivity contribution in [1.29, 1.82) is 0 Å². The van der Waals surface area contributed by atoms with Gasteiger partial charge >= 0.3 is 6.18 Å². The summed E-state index contributed by atoms with van der Waals surface area (Å²) in [5.74, 6) is -0.527. The second-order valence-corrected chi connectivity index (χ2v) is 4.84. The Labute approximate surface area is 128 Å². The topological polar surface area (TPSA) is 43.6 Å². The van der Waals surface area contributed by atoms with E-state index in [0.29, 0.717) is 11.3 Å². The minimum atomic E-state index is -4.63. The molecule has 0 atom stereocenters. The molecule has 2 aromatic heterocycles. The predicted molar refractivity (Wildman–Crippen MR) is 74.3 cm³/mol. The monoisotopic (exact) mass is 322 g/mol. The third-order valence-corrected chi connectivity index (χ3v) is 3.38. The first-order valence-corrected chi connectivity index (χ1v) is 6.55. The largest absolute Gasteiger partial charge is 0.433 e. The van der Waals surface area contributed by atoms with Crippen LogP contribution in [0.2, 0.25) is 0 Å². The first kappa shape index (κ1) is 15.1. The van der Waals surface area contributed by atoms with E-state index < -0.39 is 17.7 Å². The Morgan fingerprint density at radius 2 is 1.78 bits per heavy atom. The van der Waals surface area contributed by atoms with Crippen molar-refractivity contribution >= 4 is 0 Å². The minimum Gasteiger partial charge on any atom is -0.249 e. The Morgan fingerprint density at radius 1 is 1.09 bits per heavy atom. The van der Waals surface area contributed by atoms with Crippen molar-refractivity contribution < 1.29 is 17.6 Å². The molecule has 0 bridgehead atoms. The zero-order valence-corrected chi connectivity index (χ0v) is 11.8. The Bertz CT molecular complexity index is 824. The van der Waals surface area contributed by atoms with E-state index in [1.165, 1.54) is 36.4 Å². The fourth-order valence-corrected chi connectivity index (χ4v) is 2.34. The van der Waals surface area contributed by atoms with Gasteiger partial charge in [-0.05, 0) is 30.2 Å². The van der Waals surface area contributed by atoms with Crippen molar-refractivity contribution in [2.75, 3.05) is 0 Å². The summed E-state index contributed by atoms with van der Waals surface area (Å²) in [4.78, 5) is 7.34. The number of pyridine rings is 1. The molecule has 23 heavy (non-hydrogen) atoms. The lowest BCUT2D eigenvalue weighted by Crippen LogP contribution is -2.13. The summed E-state index contributed by atoms with van der Waals surface area (Å²) in [6.45, 7) is 1.53. The number of nitrogens with zero attached hydrogens (tertiary/aromatic N) is 4. The summed E-state index contributed by atoms with van der Waals surface area (Å²) in [5, 5.41) is 3.91. The van der Waals surface area contributed by atoms with E-state index in [-0.39, 0.29) is 11.1 Å². The van der Waals surface area contributed by atoms with Crippen molar-refractivity contribution in [2.45, 2.75) is 13.1 Å². The fourth-order valence-electron chi connectivity index (χ4n) is 2.34. The summed E-state index contributed by atoms with van der Waals surface area (Å²) < 4.78 is 54.3. The second-order valence-electron chi connectivity index (χ2n) is 4.84. The van der Waals surface area contributed by atoms with Gasteiger partial charge in [0.2, 0.25) is 0 Å². The van der Waals surface area contributed by atoms with Gasteiger partial charge in [-0.15, -0.1) is 0 Å². The molecule has 2 heterocycles. The van der Waals surface area contributed by atoms with Gasteiger partial charge in [0.25, 0.3) is 0 Å². The van der Waals surface area contributed by atoms with Gasteiger partial charge < -0.3 is 0 Å². The Kier molecular flexibility index (Phi) is 3.59. The van der Waals surface area contributed by atoms with Crippen LogP contribution >= 0.6 is 0 Å². The van der Waals surface area contributed by atoms with Gasteiger partial charge in [0.05, 0.1) is 11.9 Å². The van der Waals surface area contributed by atoms with E-state index in [1.54, 1.807) is 0 Å². The summed E-state index contributed by atoms with van der Waals surface area (Å²) >= 11 is 0. The van der Waals surface area contributed by atoms with Gasteiger partial charge in [0, 0.05) is 5.56 Å². The zero-order chi connectivity index (χ0) is 16.6. The minimum absolute atomic E-state index is 0.106. The van der Waals surface area contributed by atoms with E-state index in [9.17, 15) is 17.6 Å². The molecule has 0 unspecified atom stereocenters. The molecule has 0 N–H and O–H groups in total. The van der Waals surface area contributed by atoms with Crippen molar-refractivity contribution in [3.8, 4) is 16.8 Å². The molecular formula is C15H10F4N4. The van der Waals surface area contributed by atoms with Crippen LogP contribution in [0.1, 0.15) is 11.3 Å². The zero-order valence-electron chi connectivity index (χ0n) is 11.8. The smallest absolute Gasteiger partial charge is 0.249 e. The molecule has 0 saturated heterocycles.